The quantitative estimate of drug-likeness (QED) is 0.735. The largest absolute Gasteiger partial charge is 0.299 e. The van der Waals surface area contributed by atoms with Crippen molar-refractivity contribution in [3.8, 4) is 0 Å². The van der Waals surface area contributed by atoms with Gasteiger partial charge in [0.15, 0.2) is 0 Å². The molecule has 1 saturated heterocycles. The first-order chi connectivity index (χ1) is 9.58. The summed E-state index contributed by atoms with van der Waals surface area (Å²) in [6.07, 6.45) is 2.00. The first-order valence-electron chi connectivity index (χ1n) is 7.03. The number of hydrogen-bond acceptors (Lipinski definition) is 3. The second-order valence-corrected chi connectivity index (χ2v) is 5.65. The van der Waals surface area contributed by atoms with Crippen molar-refractivity contribution >= 4 is 17.6 Å². The number of nitrogens with zero attached hydrogens (tertiary/aromatic N) is 1. The van der Waals surface area contributed by atoms with Gasteiger partial charge in [-0.2, -0.15) is 0 Å². The SMILES string of the molecule is Cc1ccc(C(=O)N2C(=O)CCC3C(=O)CCC32)cc1. The molecule has 2 unspecified atom stereocenters. The lowest BCUT2D eigenvalue weighted by Crippen LogP contribution is -2.50. The molecule has 2 aliphatic rings. The van der Waals surface area contributed by atoms with Crippen molar-refractivity contribution in [2.24, 2.45) is 5.92 Å². The zero-order valence-corrected chi connectivity index (χ0v) is 11.5. The highest BCUT2D eigenvalue weighted by molar-refractivity contribution is 6.06. The zero-order valence-electron chi connectivity index (χ0n) is 11.5. The van der Waals surface area contributed by atoms with Crippen LogP contribution in [0.4, 0.5) is 0 Å². The van der Waals surface area contributed by atoms with E-state index in [1.807, 2.05) is 19.1 Å². The van der Waals surface area contributed by atoms with Crippen LogP contribution in [0, 0.1) is 12.8 Å². The van der Waals surface area contributed by atoms with Gasteiger partial charge >= 0.3 is 0 Å². The Bertz CT molecular complexity index is 576. The van der Waals surface area contributed by atoms with E-state index in [4.69, 9.17) is 0 Å². The molecule has 4 heteroatoms. The maximum atomic E-state index is 12.6. The number of carbonyl (C=O) groups is 3. The van der Waals surface area contributed by atoms with Gasteiger partial charge < -0.3 is 0 Å². The van der Waals surface area contributed by atoms with Crippen LogP contribution in [0.3, 0.4) is 0 Å². The molecule has 0 bridgehead atoms. The Hall–Kier alpha value is -1.97. The third-order valence-corrected chi connectivity index (χ3v) is 4.35. The van der Waals surface area contributed by atoms with Crippen LogP contribution < -0.4 is 0 Å². The molecule has 1 aliphatic carbocycles. The van der Waals surface area contributed by atoms with Gasteiger partial charge in [0.05, 0.1) is 6.04 Å². The maximum absolute atomic E-state index is 12.6. The van der Waals surface area contributed by atoms with Crippen molar-refractivity contribution in [1.29, 1.82) is 0 Å². The highest BCUT2D eigenvalue weighted by Crippen LogP contribution is 2.35. The molecule has 4 nitrogen and oxygen atoms in total. The summed E-state index contributed by atoms with van der Waals surface area (Å²) in [5, 5.41) is 0. The molecule has 1 saturated carbocycles. The van der Waals surface area contributed by atoms with Gasteiger partial charge in [0, 0.05) is 24.3 Å². The summed E-state index contributed by atoms with van der Waals surface area (Å²) in [6.45, 7) is 1.95. The molecule has 2 fully saturated rings. The Morgan fingerprint density at radius 1 is 1.10 bits per heavy atom. The minimum absolute atomic E-state index is 0.137. The number of imide groups is 1. The lowest BCUT2D eigenvalue weighted by atomic mass is 9.90. The number of ketones is 1. The van der Waals surface area contributed by atoms with E-state index in [2.05, 4.69) is 0 Å². The molecule has 2 atom stereocenters. The van der Waals surface area contributed by atoms with E-state index in [9.17, 15) is 14.4 Å². The predicted octanol–water partition coefficient (Wildman–Crippen LogP) is 2.11. The summed E-state index contributed by atoms with van der Waals surface area (Å²) in [6, 6.07) is 6.98. The number of benzene rings is 1. The standard InChI is InChI=1S/C16H17NO3/c1-10-2-4-11(5-3-10)16(20)17-13-7-8-14(18)12(13)6-9-15(17)19/h2-5,12-13H,6-9H2,1H3. The van der Waals surface area contributed by atoms with Gasteiger partial charge in [-0.15, -0.1) is 0 Å². The summed E-state index contributed by atoms with van der Waals surface area (Å²) in [4.78, 5) is 37.8. The number of hydrogen-bond donors (Lipinski definition) is 0. The molecule has 1 aromatic carbocycles. The van der Waals surface area contributed by atoms with Crippen LogP contribution in [0.5, 0.6) is 0 Å². The number of fused-ring (bicyclic) bond motifs is 1. The van der Waals surface area contributed by atoms with Crippen molar-refractivity contribution in [2.45, 2.75) is 38.6 Å². The molecule has 0 spiro atoms. The van der Waals surface area contributed by atoms with E-state index in [1.54, 1.807) is 12.1 Å². The van der Waals surface area contributed by atoms with Gasteiger partial charge in [-0.3, -0.25) is 19.3 Å². The normalized spacial score (nSPS) is 25.8. The third-order valence-electron chi connectivity index (χ3n) is 4.35. The fourth-order valence-electron chi connectivity index (χ4n) is 3.24. The molecule has 0 radical (unpaired) electrons. The van der Waals surface area contributed by atoms with E-state index in [1.165, 1.54) is 4.90 Å². The van der Waals surface area contributed by atoms with Gasteiger partial charge in [0.25, 0.3) is 5.91 Å². The highest BCUT2D eigenvalue weighted by atomic mass is 16.2. The van der Waals surface area contributed by atoms with E-state index in [-0.39, 0.29) is 29.6 Å². The zero-order chi connectivity index (χ0) is 14.3. The summed E-state index contributed by atoms with van der Waals surface area (Å²) in [5.74, 6) is -0.350. The third kappa shape index (κ3) is 2.05. The van der Waals surface area contributed by atoms with E-state index in [0.29, 0.717) is 31.2 Å². The smallest absolute Gasteiger partial charge is 0.260 e. The van der Waals surface area contributed by atoms with Crippen molar-refractivity contribution in [1.82, 2.24) is 4.90 Å². The van der Waals surface area contributed by atoms with Gasteiger partial charge in [-0.25, -0.2) is 0 Å². The Balaban J connectivity index is 1.90. The Morgan fingerprint density at radius 3 is 2.50 bits per heavy atom. The van der Waals surface area contributed by atoms with Crippen LogP contribution in [-0.2, 0) is 9.59 Å². The Morgan fingerprint density at radius 2 is 1.80 bits per heavy atom. The summed E-state index contributed by atoms with van der Waals surface area (Å²) < 4.78 is 0. The molecular formula is C16H17NO3. The predicted molar refractivity (Wildman–Crippen MR) is 73.1 cm³/mol. The summed E-state index contributed by atoms with van der Waals surface area (Å²) in [5.41, 5.74) is 1.59. The number of likely N-dealkylation sites (tertiary alicyclic amines) is 1. The molecular weight excluding hydrogens is 254 g/mol. The van der Waals surface area contributed by atoms with Crippen LogP contribution in [0.15, 0.2) is 24.3 Å². The first-order valence-corrected chi connectivity index (χ1v) is 7.03. The lowest BCUT2D eigenvalue weighted by Gasteiger charge is -2.35. The topological polar surface area (TPSA) is 54.5 Å². The van der Waals surface area contributed by atoms with Crippen molar-refractivity contribution in [2.75, 3.05) is 0 Å². The van der Waals surface area contributed by atoms with Crippen molar-refractivity contribution in [3.63, 3.8) is 0 Å². The molecule has 0 N–H and O–H groups in total. The summed E-state index contributed by atoms with van der Waals surface area (Å²) >= 11 is 0. The number of piperidine rings is 1. The molecule has 2 amide bonds. The second kappa shape index (κ2) is 4.85. The van der Waals surface area contributed by atoms with Crippen molar-refractivity contribution < 1.29 is 14.4 Å². The Labute approximate surface area is 117 Å². The van der Waals surface area contributed by atoms with E-state index in [0.717, 1.165) is 5.56 Å². The average molecular weight is 271 g/mol. The second-order valence-electron chi connectivity index (χ2n) is 5.65. The van der Waals surface area contributed by atoms with Gasteiger partial charge in [-0.1, -0.05) is 17.7 Å². The van der Waals surface area contributed by atoms with Gasteiger partial charge in [0.1, 0.15) is 5.78 Å². The van der Waals surface area contributed by atoms with Crippen LogP contribution >= 0.6 is 0 Å². The van der Waals surface area contributed by atoms with Crippen LogP contribution in [0.2, 0.25) is 0 Å². The maximum Gasteiger partial charge on any atom is 0.260 e. The number of carbonyl (C=O) groups excluding carboxylic acids is 3. The number of aryl methyl sites for hydroxylation is 1. The monoisotopic (exact) mass is 271 g/mol. The first kappa shape index (κ1) is 13.0. The molecule has 20 heavy (non-hydrogen) atoms. The van der Waals surface area contributed by atoms with Gasteiger partial charge in [0.2, 0.25) is 5.91 Å². The summed E-state index contributed by atoms with van der Waals surface area (Å²) in [7, 11) is 0. The minimum Gasteiger partial charge on any atom is -0.299 e. The van der Waals surface area contributed by atoms with Crippen LogP contribution in [0.25, 0.3) is 0 Å². The van der Waals surface area contributed by atoms with E-state index < -0.39 is 0 Å². The highest BCUT2D eigenvalue weighted by Gasteiger charge is 2.46. The van der Waals surface area contributed by atoms with Crippen molar-refractivity contribution in [3.05, 3.63) is 35.4 Å². The molecule has 1 aliphatic heterocycles. The lowest BCUT2D eigenvalue weighted by molar-refractivity contribution is -0.135. The van der Waals surface area contributed by atoms with Crippen LogP contribution in [-0.4, -0.2) is 28.5 Å². The average Bonchev–Trinajstić information content (AvgIpc) is 2.80. The molecule has 1 heterocycles. The molecule has 1 aromatic rings. The van der Waals surface area contributed by atoms with E-state index >= 15 is 0 Å². The molecule has 0 aromatic heterocycles. The minimum atomic E-state index is -0.264. The van der Waals surface area contributed by atoms with Crippen LogP contribution in [0.1, 0.15) is 41.6 Å². The molecule has 104 valence electrons. The van der Waals surface area contributed by atoms with Gasteiger partial charge in [-0.05, 0) is 31.9 Å². The Kier molecular flexibility index (Phi) is 3.16. The fourth-order valence-corrected chi connectivity index (χ4v) is 3.24. The molecule has 3 rings (SSSR count). The number of Topliss-reactive ketones (excluding diaryl/α,β-unsaturated/α-hetero) is 1. The number of rotatable bonds is 1. The fraction of sp³-hybridized carbons (Fsp3) is 0.438. The number of amides is 2.